The van der Waals surface area contributed by atoms with Gasteiger partial charge in [0, 0.05) is 37.5 Å². The van der Waals surface area contributed by atoms with Gasteiger partial charge < -0.3 is 14.7 Å². The number of amides is 1. The van der Waals surface area contributed by atoms with E-state index in [1.807, 2.05) is 0 Å². The Labute approximate surface area is 165 Å². The smallest absolute Gasteiger partial charge is 0.226 e. The van der Waals surface area contributed by atoms with Gasteiger partial charge in [0.15, 0.2) is 0 Å². The predicted molar refractivity (Wildman–Crippen MR) is 105 cm³/mol. The van der Waals surface area contributed by atoms with Gasteiger partial charge in [-0.05, 0) is 50.6 Å². The van der Waals surface area contributed by atoms with Crippen molar-refractivity contribution in [1.82, 2.24) is 20.4 Å². The van der Waals surface area contributed by atoms with Crippen LogP contribution in [0.4, 0.5) is 4.39 Å². The number of rotatable bonds is 9. The van der Waals surface area contributed by atoms with Gasteiger partial charge in [0.05, 0.1) is 0 Å². The molecule has 0 radical (unpaired) electrons. The minimum atomic E-state index is -0.302. The van der Waals surface area contributed by atoms with Gasteiger partial charge in [-0.2, -0.15) is 4.98 Å². The Morgan fingerprint density at radius 2 is 2.00 bits per heavy atom. The SMILES string of the molecule is CN(CCNC(=O)CCCc1nc(-c2ccc(F)cc2)no1)C1CCCCC1. The monoisotopic (exact) mass is 388 g/mol. The van der Waals surface area contributed by atoms with Gasteiger partial charge in [-0.25, -0.2) is 4.39 Å². The summed E-state index contributed by atoms with van der Waals surface area (Å²) in [6.07, 6.45) is 8.16. The average Bonchev–Trinajstić information content (AvgIpc) is 3.18. The number of likely N-dealkylation sites (N-methyl/N-ethyl adjacent to an activating group) is 1. The van der Waals surface area contributed by atoms with E-state index in [0.29, 0.717) is 49.1 Å². The maximum absolute atomic E-state index is 13.0. The van der Waals surface area contributed by atoms with E-state index in [0.717, 1.165) is 6.54 Å². The standard InChI is InChI=1S/C21H29FN4O2/c1-26(18-6-3-2-4-7-18)15-14-23-19(27)8-5-9-20-24-21(25-28-20)16-10-12-17(22)13-11-16/h10-13,18H,2-9,14-15H2,1H3,(H,23,27). The van der Waals surface area contributed by atoms with Crippen LogP contribution < -0.4 is 5.32 Å². The number of hydrogen-bond donors (Lipinski definition) is 1. The van der Waals surface area contributed by atoms with E-state index in [2.05, 4.69) is 27.4 Å². The number of aromatic nitrogens is 2. The van der Waals surface area contributed by atoms with Crippen molar-refractivity contribution < 1.29 is 13.7 Å². The number of nitrogens with one attached hydrogen (secondary N) is 1. The molecule has 152 valence electrons. The summed E-state index contributed by atoms with van der Waals surface area (Å²) in [7, 11) is 2.15. The molecule has 3 rings (SSSR count). The van der Waals surface area contributed by atoms with Crippen molar-refractivity contribution in [3.05, 3.63) is 36.0 Å². The van der Waals surface area contributed by atoms with Crippen molar-refractivity contribution in [3.63, 3.8) is 0 Å². The molecule has 0 aliphatic heterocycles. The maximum atomic E-state index is 13.0. The molecule has 1 aliphatic rings. The number of nitrogens with zero attached hydrogens (tertiary/aromatic N) is 3. The zero-order valence-electron chi connectivity index (χ0n) is 16.5. The highest BCUT2D eigenvalue weighted by Crippen LogP contribution is 2.21. The largest absolute Gasteiger partial charge is 0.355 e. The van der Waals surface area contributed by atoms with Crippen molar-refractivity contribution in [3.8, 4) is 11.4 Å². The number of halogens is 1. The molecule has 1 aliphatic carbocycles. The first-order chi connectivity index (χ1) is 13.6. The minimum Gasteiger partial charge on any atom is -0.355 e. The lowest BCUT2D eigenvalue weighted by atomic mass is 9.94. The molecule has 1 N–H and O–H groups in total. The van der Waals surface area contributed by atoms with Crippen LogP contribution in [0, 0.1) is 5.82 Å². The third kappa shape index (κ3) is 6.12. The fourth-order valence-electron chi connectivity index (χ4n) is 3.64. The molecule has 1 aromatic carbocycles. The minimum absolute atomic E-state index is 0.0512. The lowest BCUT2D eigenvalue weighted by Crippen LogP contribution is -2.39. The molecule has 1 aromatic heterocycles. The Morgan fingerprint density at radius 1 is 1.25 bits per heavy atom. The molecule has 0 unspecified atom stereocenters. The van der Waals surface area contributed by atoms with Gasteiger partial charge in [-0.3, -0.25) is 4.79 Å². The second-order valence-corrected chi connectivity index (χ2v) is 7.49. The molecular formula is C21H29FN4O2. The van der Waals surface area contributed by atoms with Gasteiger partial charge in [-0.15, -0.1) is 0 Å². The Morgan fingerprint density at radius 3 is 2.75 bits per heavy atom. The summed E-state index contributed by atoms with van der Waals surface area (Å²) < 4.78 is 18.2. The number of hydrogen-bond acceptors (Lipinski definition) is 5. The third-order valence-corrected chi connectivity index (χ3v) is 5.35. The van der Waals surface area contributed by atoms with E-state index in [-0.39, 0.29) is 11.7 Å². The first-order valence-electron chi connectivity index (χ1n) is 10.2. The molecular weight excluding hydrogens is 359 g/mol. The topological polar surface area (TPSA) is 71.3 Å². The van der Waals surface area contributed by atoms with Crippen molar-refractivity contribution >= 4 is 5.91 Å². The first-order valence-corrected chi connectivity index (χ1v) is 10.2. The Hall–Kier alpha value is -2.28. The van der Waals surface area contributed by atoms with Crippen LogP contribution in [-0.2, 0) is 11.2 Å². The van der Waals surface area contributed by atoms with E-state index in [1.54, 1.807) is 12.1 Å². The molecule has 7 heteroatoms. The summed E-state index contributed by atoms with van der Waals surface area (Å²) in [5, 5.41) is 6.91. The van der Waals surface area contributed by atoms with Crippen molar-refractivity contribution in [2.75, 3.05) is 20.1 Å². The highest BCUT2D eigenvalue weighted by Gasteiger charge is 2.17. The van der Waals surface area contributed by atoms with E-state index >= 15 is 0 Å². The quantitative estimate of drug-likeness (QED) is 0.711. The van der Waals surface area contributed by atoms with Gasteiger partial charge in [-0.1, -0.05) is 24.4 Å². The lowest BCUT2D eigenvalue weighted by molar-refractivity contribution is -0.121. The third-order valence-electron chi connectivity index (χ3n) is 5.35. The van der Waals surface area contributed by atoms with E-state index in [9.17, 15) is 9.18 Å². The normalized spacial score (nSPS) is 15.1. The van der Waals surface area contributed by atoms with Crippen LogP contribution in [0.2, 0.25) is 0 Å². The summed E-state index contributed by atoms with van der Waals surface area (Å²) in [6, 6.07) is 6.62. The van der Waals surface area contributed by atoms with Crippen LogP contribution in [0.15, 0.2) is 28.8 Å². The molecule has 0 spiro atoms. The van der Waals surface area contributed by atoms with Gasteiger partial charge in [0.1, 0.15) is 5.82 Å². The Balaban J connectivity index is 1.32. The molecule has 0 bridgehead atoms. The molecule has 0 atom stereocenters. The number of carbonyl (C=O) groups is 1. The summed E-state index contributed by atoms with van der Waals surface area (Å²) in [5.41, 5.74) is 0.705. The molecule has 6 nitrogen and oxygen atoms in total. The number of aryl methyl sites for hydroxylation is 1. The van der Waals surface area contributed by atoms with Crippen molar-refractivity contribution in [2.45, 2.75) is 57.4 Å². The highest BCUT2D eigenvalue weighted by atomic mass is 19.1. The molecule has 0 saturated heterocycles. The second kappa shape index (κ2) is 10.3. The second-order valence-electron chi connectivity index (χ2n) is 7.49. The first kappa shape index (κ1) is 20.5. The van der Waals surface area contributed by atoms with E-state index in [1.165, 1.54) is 44.2 Å². The summed E-state index contributed by atoms with van der Waals surface area (Å²) >= 11 is 0. The summed E-state index contributed by atoms with van der Waals surface area (Å²) in [4.78, 5) is 18.7. The number of benzene rings is 1. The molecule has 1 saturated carbocycles. The van der Waals surface area contributed by atoms with Gasteiger partial charge in [0.25, 0.3) is 0 Å². The van der Waals surface area contributed by atoms with Crippen LogP contribution >= 0.6 is 0 Å². The zero-order chi connectivity index (χ0) is 19.8. The molecule has 1 amide bonds. The molecule has 1 fully saturated rings. The maximum Gasteiger partial charge on any atom is 0.226 e. The predicted octanol–water partition coefficient (Wildman–Crippen LogP) is 3.58. The Kier molecular flexibility index (Phi) is 7.54. The summed E-state index contributed by atoms with van der Waals surface area (Å²) in [6.45, 7) is 1.57. The molecule has 1 heterocycles. The van der Waals surface area contributed by atoms with Crippen molar-refractivity contribution in [2.24, 2.45) is 0 Å². The van der Waals surface area contributed by atoms with Gasteiger partial charge in [0.2, 0.25) is 17.6 Å². The lowest BCUT2D eigenvalue weighted by Gasteiger charge is -2.31. The average molecular weight is 388 g/mol. The zero-order valence-corrected chi connectivity index (χ0v) is 16.5. The highest BCUT2D eigenvalue weighted by molar-refractivity contribution is 5.75. The van der Waals surface area contributed by atoms with Crippen LogP contribution in [0.1, 0.15) is 50.8 Å². The Bertz CT molecular complexity index is 741. The molecule has 2 aromatic rings. The van der Waals surface area contributed by atoms with Crippen LogP contribution in [0.25, 0.3) is 11.4 Å². The fourth-order valence-corrected chi connectivity index (χ4v) is 3.64. The van der Waals surface area contributed by atoms with Crippen molar-refractivity contribution in [1.29, 1.82) is 0 Å². The van der Waals surface area contributed by atoms with E-state index in [4.69, 9.17) is 4.52 Å². The van der Waals surface area contributed by atoms with E-state index < -0.39 is 0 Å². The fraction of sp³-hybridized carbons (Fsp3) is 0.571. The van der Waals surface area contributed by atoms with Crippen LogP contribution in [0.5, 0.6) is 0 Å². The van der Waals surface area contributed by atoms with Crippen LogP contribution in [-0.4, -0.2) is 47.1 Å². The number of carbonyl (C=O) groups excluding carboxylic acids is 1. The molecule has 28 heavy (non-hydrogen) atoms. The summed E-state index contributed by atoms with van der Waals surface area (Å²) in [5.74, 6) is 0.674. The van der Waals surface area contributed by atoms with Crippen LogP contribution in [0.3, 0.4) is 0 Å². The van der Waals surface area contributed by atoms with Gasteiger partial charge >= 0.3 is 0 Å².